The van der Waals surface area contributed by atoms with Gasteiger partial charge in [-0.05, 0) is 36.8 Å². The Labute approximate surface area is 146 Å². The molecule has 1 aromatic carbocycles. The van der Waals surface area contributed by atoms with Crippen LogP contribution in [0, 0.1) is 12.7 Å². The molecule has 1 aromatic heterocycles. The fourth-order valence-electron chi connectivity index (χ4n) is 3.42. The lowest BCUT2D eigenvalue weighted by Crippen LogP contribution is -2.38. The van der Waals surface area contributed by atoms with E-state index in [4.69, 9.17) is 9.15 Å². The van der Waals surface area contributed by atoms with E-state index in [2.05, 4.69) is 10.2 Å². The molecule has 6 heteroatoms. The second kappa shape index (κ2) is 7.27. The van der Waals surface area contributed by atoms with Gasteiger partial charge in [-0.15, -0.1) is 0 Å². The van der Waals surface area contributed by atoms with E-state index < -0.39 is 0 Å². The predicted octanol–water partition coefficient (Wildman–Crippen LogP) is 2.84. The molecule has 1 fully saturated rings. The third-order valence-electron chi connectivity index (χ3n) is 4.53. The molecule has 5 nitrogen and oxygen atoms in total. The van der Waals surface area contributed by atoms with Crippen molar-refractivity contribution in [2.75, 3.05) is 20.2 Å². The van der Waals surface area contributed by atoms with Crippen LogP contribution in [-0.2, 0) is 11.3 Å². The summed E-state index contributed by atoms with van der Waals surface area (Å²) in [4.78, 5) is 13.8. The van der Waals surface area contributed by atoms with Crippen LogP contribution in [0.25, 0.3) is 0 Å². The van der Waals surface area contributed by atoms with E-state index in [0.29, 0.717) is 13.1 Å². The summed E-state index contributed by atoms with van der Waals surface area (Å²) in [5.74, 6) is 1.67. The summed E-state index contributed by atoms with van der Waals surface area (Å²) in [6.45, 7) is 5.57. The Morgan fingerprint density at radius 3 is 2.80 bits per heavy atom. The minimum atomic E-state index is -0.368. The molecular weight excluding hydrogens is 323 g/mol. The van der Waals surface area contributed by atoms with Gasteiger partial charge in [0.15, 0.2) is 11.6 Å². The lowest BCUT2D eigenvalue weighted by molar-refractivity contribution is -0.119. The Kier molecular flexibility index (Phi) is 5.08. The molecule has 0 unspecified atom stereocenters. The van der Waals surface area contributed by atoms with Gasteiger partial charge in [0.1, 0.15) is 11.5 Å². The van der Waals surface area contributed by atoms with E-state index in [0.717, 1.165) is 23.6 Å². The lowest BCUT2D eigenvalue weighted by Gasteiger charge is -2.17. The highest BCUT2D eigenvalue weighted by molar-refractivity contribution is 5.73. The number of amides is 1. The number of carbonyl (C=O) groups excluding carboxylic acids is 1. The van der Waals surface area contributed by atoms with Crippen LogP contribution in [0.3, 0.4) is 0 Å². The number of hydrogen-bond donors (Lipinski definition) is 1. The van der Waals surface area contributed by atoms with Crippen LogP contribution in [0.15, 0.2) is 34.7 Å². The van der Waals surface area contributed by atoms with Gasteiger partial charge < -0.3 is 14.5 Å². The number of halogens is 1. The average Bonchev–Trinajstić information content (AvgIpc) is 3.15. The van der Waals surface area contributed by atoms with Crippen LogP contribution in [0.5, 0.6) is 5.75 Å². The summed E-state index contributed by atoms with van der Waals surface area (Å²) in [7, 11) is 1.46. The summed E-state index contributed by atoms with van der Waals surface area (Å²) in [5.41, 5.74) is 0.969. The van der Waals surface area contributed by atoms with Crippen LogP contribution in [0.1, 0.15) is 29.9 Å². The van der Waals surface area contributed by atoms with Crippen molar-refractivity contribution in [3.05, 3.63) is 53.2 Å². The molecule has 0 aliphatic carbocycles. The first-order chi connectivity index (χ1) is 12.0. The van der Waals surface area contributed by atoms with E-state index in [1.807, 2.05) is 19.1 Å². The number of hydrogen-bond acceptors (Lipinski definition) is 4. The largest absolute Gasteiger partial charge is 0.494 e. The molecule has 25 heavy (non-hydrogen) atoms. The normalized spacial score (nSPS) is 20.6. The van der Waals surface area contributed by atoms with E-state index in [-0.39, 0.29) is 29.4 Å². The summed E-state index contributed by atoms with van der Waals surface area (Å²) in [5, 5.41) is 3.02. The van der Waals surface area contributed by atoms with Gasteiger partial charge in [-0.1, -0.05) is 6.07 Å². The molecule has 1 aliphatic rings. The third-order valence-corrected chi connectivity index (χ3v) is 4.53. The van der Waals surface area contributed by atoms with E-state index >= 15 is 0 Å². The number of benzene rings is 1. The number of furan rings is 1. The van der Waals surface area contributed by atoms with Crippen molar-refractivity contribution in [1.29, 1.82) is 0 Å². The summed E-state index contributed by atoms with van der Waals surface area (Å²) in [6.07, 6.45) is 0. The minimum Gasteiger partial charge on any atom is -0.494 e. The van der Waals surface area contributed by atoms with Gasteiger partial charge >= 0.3 is 0 Å². The van der Waals surface area contributed by atoms with E-state index in [1.54, 1.807) is 12.1 Å². The van der Waals surface area contributed by atoms with Crippen molar-refractivity contribution in [1.82, 2.24) is 10.2 Å². The number of carbonyl (C=O) groups is 1. The zero-order valence-corrected chi connectivity index (χ0v) is 14.7. The van der Waals surface area contributed by atoms with Crippen LogP contribution < -0.4 is 10.1 Å². The van der Waals surface area contributed by atoms with Crippen molar-refractivity contribution >= 4 is 5.91 Å². The molecule has 0 saturated carbocycles. The van der Waals surface area contributed by atoms with Crippen molar-refractivity contribution in [3.63, 3.8) is 0 Å². The smallest absolute Gasteiger partial charge is 0.217 e. The number of likely N-dealkylation sites (tertiary alicyclic amines) is 1. The minimum absolute atomic E-state index is 0.00889. The molecule has 2 heterocycles. The first-order valence-electron chi connectivity index (χ1n) is 8.34. The molecule has 1 N–H and O–H groups in total. The van der Waals surface area contributed by atoms with Crippen molar-refractivity contribution in [2.45, 2.75) is 32.4 Å². The van der Waals surface area contributed by atoms with Gasteiger partial charge in [0.25, 0.3) is 0 Å². The Balaban J connectivity index is 1.76. The quantitative estimate of drug-likeness (QED) is 0.905. The first kappa shape index (κ1) is 17.5. The van der Waals surface area contributed by atoms with E-state index in [9.17, 15) is 9.18 Å². The fraction of sp³-hybridized carbons (Fsp3) is 0.421. The maximum atomic E-state index is 13.6. The van der Waals surface area contributed by atoms with Crippen molar-refractivity contribution < 1.29 is 18.3 Å². The zero-order chi connectivity index (χ0) is 18.0. The highest BCUT2D eigenvalue weighted by Gasteiger charge is 2.36. The Morgan fingerprint density at radius 2 is 2.16 bits per heavy atom. The molecule has 3 rings (SSSR count). The average molecular weight is 346 g/mol. The number of nitrogens with zero attached hydrogens (tertiary/aromatic N) is 1. The molecule has 2 atom stereocenters. The molecule has 0 bridgehead atoms. The van der Waals surface area contributed by atoms with E-state index in [1.165, 1.54) is 20.1 Å². The monoisotopic (exact) mass is 346 g/mol. The molecule has 134 valence electrons. The van der Waals surface area contributed by atoms with Gasteiger partial charge in [-0.3, -0.25) is 9.69 Å². The molecule has 0 radical (unpaired) electrons. The molecule has 1 aliphatic heterocycles. The maximum Gasteiger partial charge on any atom is 0.217 e. The van der Waals surface area contributed by atoms with Gasteiger partial charge in [0, 0.05) is 26.6 Å². The standard InChI is InChI=1S/C19H23FN2O3/c1-12-4-7-18(25-12)15-10-22(11-17(15)21-13(2)23)9-14-5-6-16(20)19(8-14)24-3/h4-8,15,17H,9-11H2,1-3H3,(H,21,23)/t15-,17-/m1/s1. The number of rotatable bonds is 5. The van der Waals surface area contributed by atoms with Gasteiger partial charge in [-0.25, -0.2) is 4.39 Å². The Morgan fingerprint density at radius 1 is 1.36 bits per heavy atom. The second-order valence-corrected chi connectivity index (χ2v) is 6.52. The van der Waals surface area contributed by atoms with Crippen molar-refractivity contribution in [3.8, 4) is 5.75 Å². The molecule has 0 spiro atoms. The SMILES string of the molecule is COc1cc(CN2C[C@@H](NC(C)=O)[C@H](c3ccc(C)o3)C2)ccc1F. The highest BCUT2D eigenvalue weighted by Crippen LogP contribution is 2.30. The summed E-state index contributed by atoms with van der Waals surface area (Å²) >= 11 is 0. The topological polar surface area (TPSA) is 54.7 Å². The van der Waals surface area contributed by atoms with Crippen molar-refractivity contribution in [2.24, 2.45) is 0 Å². The molecule has 1 amide bonds. The Bertz CT molecular complexity index is 759. The molecule has 1 saturated heterocycles. The van der Waals surface area contributed by atoms with Crippen LogP contribution in [0.4, 0.5) is 4.39 Å². The fourth-order valence-corrected chi connectivity index (χ4v) is 3.42. The first-order valence-corrected chi connectivity index (χ1v) is 8.34. The van der Waals surface area contributed by atoms with Crippen LogP contribution in [0.2, 0.25) is 0 Å². The lowest BCUT2D eigenvalue weighted by atomic mass is 10.0. The van der Waals surface area contributed by atoms with Gasteiger partial charge in [0.05, 0.1) is 19.1 Å². The Hall–Kier alpha value is -2.34. The maximum absolute atomic E-state index is 13.6. The molecule has 2 aromatic rings. The number of nitrogens with one attached hydrogen (secondary N) is 1. The zero-order valence-electron chi connectivity index (χ0n) is 14.7. The van der Waals surface area contributed by atoms with Crippen LogP contribution in [-0.4, -0.2) is 37.0 Å². The number of ether oxygens (including phenoxy) is 1. The number of methoxy groups -OCH3 is 1. The van der Waals surface area contributed by atoms with Crippen LogP contribution >= 0.6 is 0 Å². The summed E-state index contributed by atoms with van der Waals surface area (Å²) in [6, 6.07) is 8.80. The highest BCUT2D eigenvalue weighted by atomic mass is 19.1. The number of aryl methyl sites for hydroxylation is 1. The summed E-state index contributed by atoms with van der Waals surface area (Å²) < 4.78 is 24.4. The van der Waals surface area contributed by atoms with Gasteiger partial charge in [0.2, 0.25) is 5.91 Å². The van der Waals surface area contributed by atoms with Gasteiger partial charge in [-0.2, -0.15) is 0 Å². The third kappa shape index (κ3) is 4.02. The second-order valence-electron chi connectivity index (χ2n) is 6.52. The molecular formula is C19H23FN2O3. The predicted molar refractivity (Wildman–Crippen MR) is 92.0 cm³/mol.